The normalized spacial score (nSPS) is 10.6. The van der Waals surface area contributed by atoms with Crippen LogP contribution < -0.4 is 16.4 Å². The Kier molecular flexibility index (Phi) is 5.57. The second-order valence-electron chi connectivity index (χ2n) is 5.95. The number of carbonyl (C=O) groups excluding carboxylic acids is 1. The summed E-state index contributed by atoms with van der Waals surface area (Å²) in [6.07, 6.45) is 3.63. The Morgan fingerprint density at radius 2 is 1.81 bits per heavy atom. The van der Waals surface area contributed by atoms with Gasteiger partial charge in [-0.15, -0.1) is 0 Å². The van der Waals surface area contributed by atoms with Gasteiger partial charge in [0.15, 0.2) is 0 Å². The summed E-state index contributed by atoms with van der Waals surface area (Å²) >= 11 is 5.94. The first-order valence-corrected chi connectivity index (χ1v) is 8.83. The van der Waals surface area contributed by atoms with E-state index in [0.29, 0.717) is 16.4 Å². The third-order valence-corrected chi connectivity index (χ3v) is 4.37. The number of aryl methyl sites for hydroxylation is 1. The summed E-state index contributed by atoms with van der Waals surface area (Å²) in [7, 11) is 0. The zero-order chi connectivity index (χ0) is 19.4. The van der Waals surface area contributed by atoms with Crippen LogP contribution in [0.15, 0.2) is 70.5 Å². The number of nitrogens with one attached hydrogen (secondary N) is 1. The van der Waals surface area contributed by atoms with E-state index < -0.39 is 11.1 Å². The third-order valence-electron chi connectivity index (χ3n) is 4.13. The molecule has 0 radical (unpaired) electrons. The Balaban J connectivity index is 1.84. The van der Waals surface area contributed by atoms with Crippen molar-refractivity contribution in [2.45, 2.75) is 19.9 Å². The Labute approximate surface area is 160 Å². The molecule has 0 aliphatic rings. The minimum atomic E-state index is -0.781. The number of halogens is 1. The monoisotopic (exact) mass is 383 g/mol. The van der Waals surface area contributed by atoms with Gasteiger partial charge < -0.3 is 5.32 Å². The van der Waals surface area contributed by atoms with Gasteiger partial charge in [-0.25, -0.2) is 0 Å². The number of aromatic nitrogens is 2. The highest BCUT2D eigenvalue weighted by Crippen LogP contribution is 2.15. The lowest BCUT2D eigenvalue weighted by atomic mass is 10.1. The number of amides is 1. The van der Waals surface area contributed by atoms with Crippen LogP contribution in [0, 0.1) is 0 Å². The number of nitrogens with zero attached hydrogens (tertiary/aromatic N) is 2. The van der Waals surface area contributed by atoms with Crippen LogP contribution in [-0.2, 0) is 17.8 Å². The molecule has 0 bridgehead atoms. The fourth-order valence-corrected chi connectivity index (χ4v) is 2.94. The topological polar surface area (TPSA) is 73.1 Å². The molecule has 1 aromatic heterocycles. The molecule has 0 aliphatic heterocycles. The molecular formula is C20H18ClN3O3. The van der Waals surface area contributed by atoms with Gasteiger partial charge in [-0.3, -0.25) is 23.5 Å². The number of hydrogen-bond donors (Lipinski definition) is 1. The second-order valence-corrected chi connectivity index (χ2v) is 6.38. The van der Waals surface area contributed by atoms with Crippen LogP contribution in [-0.4, -0.2) is 15.0 Å². The van der Waals surface area contributed by atoms with E-state index in [-0.39, 0.29) is 12.5 Å². The molecule has 0 unspecified atom stereocenters. The maximum absolute atomic E-state index is 12.4. The molecule has 0 spiro atoms. The van der Waals surface area contributed by atoms with Crippen molar-refractivity contribution >= 4 is 23.2 Å². The number of carbonyl (C=O) groups is 1. The molecule has 0 saturated heterocycles. The summed E-state index contributed by atoms with van der Waals surface area (Å²) in [5, 5.41) is 3.24. The molecule has 2 aromatic carbocycles. The molecule has 1 N–H and O–H groups in total. The summed E-state index contributed by atoms with van der Waals surface area (Å²) in [5.41, 5.74) is 0.649. The highest BCUT2D eigenvalue weighted by atomic mass is 35.5. The van der Waals surface area contributed by atoms with Crippen molar-refractivity contribution in [2.75, 3.05) is 5.32 Å². The van der Waals surface area contributed by atoms with Crippen LogP contribution in [0.2, 0.25) is 5.02 Å². The van der Waals surface area contributed by atoms with E-state index in [0.717, 1.165) is 16.6 Å². The fraction of sp³-hybridized carbons (Fsp3) is 0.150. The average Bonchev–Trinajstić information content (AvgIpc) is 2.66. The predicted molar refractivity (Wildman–Crippen MR) is 106 cm³/mol. The standard InChI is InChI=1S/C20H18ClN3O3/c1-2-14-6-3-4-9-17(14)22-18(25)13-23-10-11-24(20(27)19(23)26)16-8-5-7-15(21)12-16/h3-12H,2,13H2,1H3,(H,22,25). The molecule has 3 rings (SSSR count). The Morgan fingerprint density at radius 3 is 2.56 bits per heavy atom. The summed E-state index contributed by atoms with van der Waals surface area (Å²) < 4.78 is 2.29. The molecule has 1 heterocycles. The van der Waals surface area contributed by atoms with E-state index >= 15 is 0 Å². The SMILES string of the molecule is CCc1ccccc1NC(=O)Cn1ccn(-c2cccc(Cl)c2)c(=O)c1=O. The predicted octanol–water partition coefficient (Wildman–Crippen LogP) is 2.85. The molecule has 27 heavy (non-hydrogen) atoms. The fourth-order valence-electron chi connectivity index (χ4n) is 2.76. The van der Waals surface area contributed by atoms with Gasteiger partial charge in [0.2, 0.25) is 5.91 Å². The summed E-state index contributed by atoms with van der Waals surface area (Å²) in [4.78, 5) is 37.1. The van der Waals surface area contributed by atoms with Crippen LogP contribution in [0.5, 0.6) is 0 Å². The molecule has 1 amide bonds. The lowest BCUT2D eigenvalue weighted by Gasteiger charge is -2.11. The second kappa shape index (κ2) is 8.05. The van der Waals surface area contributed by atoms with Crippen molar-refractivity contribution < 1.29 is 4.79 Å². The van der Waals surface area contributed by atoms with Crippen molar-refractivity contribution in [2.24, 2.45) is 0 Å². The number of hydrogen-bond acceptors (Lipinski definition) is 3. The van der Waals surface area contributed by atoms with Crippen molar-refractivity contribution in [3.63, 3.8) is 0 Å². The van der Waals surface area contributed by atoms with Crippen molar-refractivity contribution in [3.8, 4) is 5.69 Å². The Hall–Kier alpha value is -3.12. The minimum Gasteiger partial charge on any atom is -0.324 e. The maximum atomic E-state index is 12.4. The largest absolute Gasteiger partial charge is 0.324 e. The smallest absolute Gasteiger partial charge is 0.320 e. The third kappa shape index (κ3) is 4.17. The van der Waals surface area contributed by atoms with Crippen molar-refractivity contribution in [3.05, 3.63) is 92.2 Å². The van der Waals surface area contributed by atoms with Gasteiger partial charge in [-0.1, -0.05) is 42.8 Å². The lowest BCUT2D eigenvalue weighted by Crippen LogP contribution is -2.41. The molecule has 0 saturated carbocycles. The first-order chi connectivity index (χ1) is 13.0. The Morgan fingerprint density at radius 1 is 1.04 bits per heavy atom. The van der Waals surface area contributed by atoms with E-state index in [1.54, 1.807) is 30.3 Å². The summed E-state index contributed by atoms with van der Waals surface area (Å²) in [6, 6.07) is 14.1. The summed E-state index contributed by atoms with van der Waals surface area (Å²) in [6.45, 7) is 1.74. The zero-order valence-electron chi connectivity index (χ0n) is 14.7. The van der Waals surface area contributed by atoms with Gasteiger partial charge in [0.25, 0.3) is 0 Å². The number of para-hydroxylation sites is 1. The average molecular weight is 384 g/mol. The summed E-state index contributed by atoms with van der Waals surface area (Å²) in [5.74, 6) is -0.377. The first-order valence-electron chi connectivity index (χ1n) is 8.45. The van der Waals surface area contributed by atoms with Crippen LogP contribution in [0.4, 0.5) is 5.69 Å². The molecule has 0 atom stereocenters. The van der Waals surface area contributed by atoms with E-state index in [1.807, 2.05) is 25.1 Å². The van der Waals surface area contributed by atoms with Crippen molar-refractivity contribution in [1.29, 1.82) is 0 Å². The van der Waals surface area contributed by atoms with Gasteiger partial charge in [0.1, 0.15) is 6.54 Å². The number of benzene rings is 2. The highest BCUT2D eigenvalue weighted by molar-refractivity contribution is 6.30. The molecular weight excluding hydrogens is 366 g/mol. The number of rotatable bonds is 5. The Bertz CT molecular complexity index is 1100. The molecule has 138 valence electrons. The molecule has 3 aromatic rings. The molecule has 0 aliphatic carbocycles. The van der Waals surface area contributed by atoms with Gasteiger partial charge in [0, 0.05) is 23.1 Å². The van der Waals surface area contributed by atoms with Crippen LogP contribution >= 0.6 is 11.6 Å². The van der Waals surface area contributed by atoms with Gasteiger partial charge in [-0.05, 0) is 36.2 Å². The molecule has 7 heteroatoms. The van der Waals surface area contributed by atoms with Crippen LogP contribution in [0.25, 0.3) is 5.69 Å². The maximum Gasteiger partial charge on any atom is 0.320 e. The quantitative estimate of drug-likeness (QED) is 0.688. The molecule has 6 nitrogen and oxygen atoms in total. The highest BCUT2D eigenvalue weighted by Gasteiger charge is 2.11. The number of anilines is 1. The van der Waals surface area contributed by atoms with Crippen LogP contribution in [0.3, 0.4) is 0 Å². The van der Waals surface area contributed by atoms with E-state index in [4.69, 9.17) is 11.6 Å². The first kappa shape index (κ1) is 18.7. The van der Waals surface area contributed by atoms with E-state index in [9.17, 15) is 14.4 Å². The van der Waals surface area contributed by atoms with E-state index in [1.165, 1.54) is 17.0 Å². The van der Waals surface area contributed by atoms with Gasteiger partial charge >= 0.3 is 11.1 Å². The lowest BCUT2D eigenvalue weighted by molar-refractivity contribution is -0.116. The van der Waals surface area contributed by atoms with E-state index in [2.05, 4.69) is 5.32 Å². The van der Waals surface area contributed by atoms with Gasteiger partial charge in [0.05, 0.1) is 5.69 Å². The zero-order valence-corrected chi connectivity index (χ0v) is 15.4. The van der Waals surface area contributed by atoms with Crippen molar-refractivity contribution in [1.82, 2.24) is 9.13 Å². The van der Waals surface area contributed by atoms with Crippen LogP contribution in [0.1, 0.15) is 12.5 Å². The molecule has 0 fully saturated rings. The van der Waals surface area contributed by atoms with Gasteiger partial charge in [-0.2, -0.15) is 0 Å². The minimum absolute atomic E-state index is 0.248.